The highest BCUT2D eigenvalue weighted by Gasteiger charge is 2.25. The highest BCUT2D eigenvalue weighted by atomic mass is 32.2. The minimum absolute atomic E-state index is 0.259. The van der Waals surface area contributed by atoms with E-state index in [-0.39, 0.29) is 5.82 Å². The molecule has 0 radical (unpaired) electrons. The summed E-state index contributed by atoms with van der Waals surface area (Å²) in [6.07, 6.45) is 4.20. The van der Waals surface area contributed by atoms with Gasteiger partial charge in [0.15, 0.2) is 5.82 Å². The summed E-state index contributed by atoms with van der Waals surface area (Å²) in [7, 11) is 0. The predicted octanol–water partition coefficient (Wildman–Crippen LogP) is 2.50. The molecule has 0 aliphatic carbocycles. The molecule has 0 amide bonds. The monoisotopic (exact) mass is 292 g/mol. The number of piperidine rings is 1. The third kappa shape index (κ3) is 3.12. The number of pyridine rings is 1. The number of nitroso groups, excluding NO2 is 1. The minimum Gasteiger partial charge on any atom is -0.370 e. The van der Waals surface area contributed by atoms with Crippen LogP contribution in [0, 0.1) is 4.91 Å². The molecule has 2 aliphatic heterocycles. The fourth-order valence-electron chi connectivity index (χ4n) is 3.05. The van der Waals surface area contributed by atoms with E-state index >= 15 is 0 Å². The maximum atomic E-state index is 10.4. The summed E-state index contributed by atoms with van der Waals surface area (Å²) in [5, 5.41) is 2.84. The Morgan fingerprint density at radius 2 is 1.90 bits per heavy atom. The van der Waals surface area contributed by atoms with Gasteiger partial charge in [-0.15, -0.1) is 4.91 Å². The van der Waals surface area contributed by atoms with Crippen molar-refractivity contribution >= 4 is 23.3 Å². The van der Waals surface area contributed by atoms with Gasteiger partial charge >= 0.3 is 0 Å². The van der Waals surface area contributed by atoms with Gasteiger partial charge in [-0.3, -0.25) is 4.90 Å². The van der Waals surface area contributed by atoms with Gasteiger partial charge in [-0.05, 0) is 30.2 Å². The van der Waals surface area contributed by atoms with Crippen LogP contribution < -0.4 is 4.90 Å². The number of hydrogen-bond donors (Lipinski definition) is 0. The number of thioether (sulfide) groups is 1. The molecule has 20 heavy (non-hydrogen) atoms. The van der Waals surface area contributed by atoms with Crippen LogP contribution in [0.25, 0.3) is 0 Å². The highest BCUT2D eigenvalue weighted by molar-refractivity contribution is 7.99. The molecule has 3 rings (SSSR count). The molecule has 3 heterocycles. The molecule has 108 valence electrons. The van der Waals surface area contributed by atoms with E-state index in [0.29, 0.717) is 0 Å². The molecule has 1 aromatic heterocycles. The van der Waals surface area contributed by atoms with Gasteiger partial charge in [0.2, 0.25) is 0 Å². The molecule has 0 N–H and O–H groups in total. The number of aromatic nitrogens is 1. The zero-order valence-corrected chi connectivity index (χ0v) is 12.4. The van der Waals surface area contributed by atoms with Gasteiger partial charge < -0.3 is 4.90 Å². The van der Waals surface area contributed by atoms with E-state index in [2.05, 4.69) is 31.7 Å². The van der Waals surface area contributed by atoms with E-state index in [9.17, 15) is 4.91 Å². The first-order valence-electron chi connectivity index (χ1n) is 7.23. The van der Waals surface area contributed by atoms with Crippen LogP contribution >= 0.6 is 11.8 Å². The molecule has 0 bridgehead atoms. The standard InChI is InChI=1S/C14H20N4OS/c19-16-14-2-1-13(11-15-14)17-5-3-12(4-6-17)18-7-9-20-10-8-18/h1-2,11-12H,3-10H2. The molecule has 0 spiro atoms. The topological polar surface area (TPSA) is 48.8 Å². The lowest BCUT2D eigenvalue weighted by molar-refractivity contribution is 0.186. The van der Waals surface area contributed by atoms with Crippen LogP contribution in [-0.4, -0.2) is 53.6 Å². The molecule has 0 aromatic carbocycles. The summed E-state index contributed by atoms with van der Waals surface area (Å²) in [5.41, 5.74) is 1.10. The molecular weight excluding hydrogens is 272 g/mol. The van der Waals surface area contributed by atoms with Crippen LogP contribution in [0.4, 0.5) is 11.5 Å². The summed E-state index contributed by atoms with van der Waals surface area (Å²) in [6.45, 7) is 4.64. The van der Waals surface area contributed by atoms with E-state index < -0.39 is 0 Å². The third-order valence-electron chi connectivity index (χ3n) is 4.22. The van der Waals surface area contributed by atoms with Crippen molar-refractivity contribution in [3.8, 4) is 0 Å². The lowest BCUT2D eigenvalue weighted by atomic mass is 10.0. The Morgan fingerprint density at radius 1 is 1.15 bits per heavy atom. The molecular formula is C14H20N4OS. The number of rotatable bonds is 3. The first-order valence-corrected chi connectivity index (χ1v) is 8.38. The van der Waals surface area contributed by atoms with Crippen molar-refractivity contribution in [2.75, 3.05) is 42.6 Å². The van der Waals surface area contributed by atoms with Crippen LogP contribution in [0.1, 0.15) is 12.8 Å². The molecule has 1 aromatic rings. The molecule has 0 unspecified atom stereocenters. The molecule has 2 aliphatic rings. The molecule has 5 nitrogen and oxygen atoms in total. The van der Waals surface area contributed by atoms with Gasteiger partial charge in [0.25, 0.3) is 0 Å². The molecule has 0 saturated carbocycles. The van der Waals surface area contributed by atoms with Crippen LogP contribution in [-0.2, 0) is 0 Å². The maximum absolute atomic E-state index is 10.4. The number of hydrogen-bond acceptors (Lipinski definition) is 6. The summed E-state index contributed by atoms with van der Waals surface area (Å²) < 4.78 is 0. The first kappa shape index (κ1) is 13.8. The van der Waals surface area contributed by atoms with Crippen LogP contribution in [0.2, 0.25) is 0 Å². The molecule has 6 heteroatoms. The van der Waals surface area contributed by atoms with Gasteiger partial charge in [0, 0.05) is 43.7 Å². The van der Waals surface area contributed by atoms with Crippen molar-refractivity contribution in [1.29, 1.82) is 0 Å². The van der Waals surface area contributed by atoms with E-state index in [1.807, 2.05) is 6.07 Å². The lowest BCUT2D eigenvalue weighted by Gasteiger charge is -2.40. The SMILES string of the molecule is O=Nc1ccc(N2CCC(N3CCSCC3)CC2)cn1. The molecule has 2 fully saturated rings. The Labute approximate surface area is 123 Å². The van der Waals surface area contributed by atoms with Crippen molar-refractivity contribution in [3.05, 3.63) is 23.2 Å². The summed E-state index contributed by atoms with van der Waals surface area (Å²) >= 11 is 2.07. The van der Waals surface area contributed by atoms with E-state index in [0.717, 1.165) is 24.8 Å². The quantitative estimate of drug-likeness (QED) is 0.801. The number of nitrogens with zero attached hydrogens (tertiary/aromatic N) is 4. The average Bonchev–Trinajstić information content (AvgIpc) is 2.56. The summed E-state index contributed by atoms with van der Waals surface area (Å²) in [5.74, 6) is 2.82. The second kappa shape index (κ2) is 6.54. The van der Waals surface area contributed by atoms with E-state index in [1.165, 1.54) is 37.4 Å². The Balaban J connectivity index is 1.55. The fraction of sp³-hybridized carbons (Fsp3) is 0.643. The van der Waals surface area contributed by atoms with E-state index in [1.54, 1.807) is 12.3 Å². The fourth-order valence-corrected chi connectivity index (χ4v) is 3.98. The van der Waals surface area contributed by atoms with Crippen LogP contribution in [0.15, 0.2) is 23.5 Å². The Bertz CT molecular complexity index is 439. The summed E-state index contributed by atoms with van der Waals surface area (Å²) in [4.78, 5) is 19.4. The minimum atomic E-state index is 0.259. The Kier molecular flexibility index (Phi) is 4.52. The second-order valence-corrected chi connectivity index (χ2v) is 6.56. The number of anilines is 1. The Morgan fingerprint density at radius 3 is 2.50 bits per heavy atom. The van der Waals surface area contributed by atoms with Gasteiger partial charge in [0.05, 0.1) is 11.9 Å². The maximum Gasteiger partial charge on any atom is 0.196 e. The van der Waals surface area contributed by atoms with Crippen LogP contribution in [0.5, 0.6) is 0 Å². The molecule has 2 saturated heterocycles. The molecule has 0 atom stereocenters. The lowest BCUT2D eigenvalue weighted by Crippen LogP contribution is -2.47. The van der Waals surface area contributed by atoms with Crippen LogP contribution in [0.3, 0.4) is 0 Å². The first-order chi connectivity index (χ1) is 9.86. The second-order valence-electron chi connectivity index (χ2n) is 5.33. The van der Waals surface area contributed by atoms with Gasteiger partial charge in [-0.2, -0.15) is 11.8 Å². The Hall–Kier alpha value is -1.14. The smallest absolute Gasteiger partial charge is 0.196 e. The van der Waals surface area contributed by atoms with Crippen molar-refractivity contribution in [3.63, 3.8) is 0 Å². The van der Waals surface area contributed by atoms with Crippen molar-refractivity contribution in [2.45, 2.75) is 18.9 Å². The van der Waals surface area contributed by atoms with Crippen molar-refractivity contribution in [2.24, 2.45) is 5.18 Å². The average molecular weight is 292 g/mol. The highest BCUT2D eigenvalue weighted by Crippen LogP contribution is 2.24. The third-order valence-corrected chi connectivity index (χ3v) is 5.16. The van der Waals surface area contributed by atoms with E-state index in [4.69, 9.17) is 0 Å². The predicted molar refractivity (Wildman–Crippen MR) is 83.8 cm³/mol. The van der Waals surface area contributed by atoms with Gasteiger partial charge in [-0.25, -0.2) is 4.98 Å². The normalized spacial score (nSPS) is 21.9. The van der Waals surface area contributed by atoms with Gasteiger partial charge in [-0.1, -0.05) is 0 Å². The zero-order chi connectivity index (χ0) is 13.8. The van der Waals surface area contributed by atoms with Crippen molar-refractivity contribution in [1.82, 2.24) is 9.88 Å². The summed E-state index contributed by atoms with van der Waals surface area (Å²) in [6, 6.07) is 4.38. The largest absolute Gasteiger partial charge is 0.370 e. The van der Waals surface area contributed by atoms with Crippen molar-refractivity contribution < 1.29 is 0 Å². The zero-order valence-electron chi connectivity index (χ0n) is 11.6. The van der Waals surface area contributed by atoms with Gasteiger partial charge in [0.1, 0.15) is 0 Å².